The van der Waals surface area contributed by atoms with E-state index in [-0.39, 0.29) is 57.9 Å². The van der Waals surface area contributed by atoms with Crippen LogP contribution in [0.15, 0.2) is 0 Å². The number of hydrogen-bond donors (Lipinski definition) is 8. The van der Waals surface area contributed by atoms with Crippen molar-refractivity contribution >= 4 is 11.9 Å². The van der Waals surface area contributed by atoms with E-state index >= 15 is 0 Å². The average molecular weight is 418 g/mol. The van der Waals surface area contributed by atoms with Gasteiger partial charge in [0.1, 0.15) is 0 Å². The Balaban J connectivity index is -0.000000144. The zero-order valence-corrected chi connectivity index (χ0v) is 16.8. The molecule has 0 aromatic carbocycles. The van der Waals surface area contributed by atoms with Crippen LogP contribution in [0.25, 0.3) is 0 Å². The minimum absolute atomic E-state index is 0.0278. The Kier molecular flexibility index (Phi) is 34.0. The van der Waals surface area contributed by atoms with E-state index in [1.807, 2.05) is 0 Å². The Morgan fingerprint density at radius 2 is 1.00 bits per heavy atom. The van der Waals surface area contributed by atoms with E-state index in [9.17, 15) is 9.59 Å². The number of unbranched alkanes of at least 4 members (excludes halogenated alkanes) is 1. The standard InChI is InChI=1S/C6H10O4.C5H12O2.C4H10O3.C2H6O2/c7-5(8)3-1-2-4-6(9)10;1-5(2,3-6)4-7;5-1-3-7-4-2-6;3-1-2-4/h1-4H2,(H,7,8)(H,9,10);6-7H,3-4H2,1-2H3;5-6H,1-4H2;3-4H,1-2H2. The fourth-order valence-corrected chi connectivity index (χ4v) is 0.834. The lowest BCUT2D eigenvalue weighted by Gasteiger charge is -2.16. The molecular formula is C17H38O11. The molecule has 11 heteroatoms. The van der Waals surface area contributed by atoms with Crippen molar-refractivity contribution in [2.24, 2.45) is 5.41 Å². The van der Waals surface area contributed by atoms with E-state index in [2.05, 4.69) is 4.74 Å². The van der Waals surface area contributed by atoms with Crippen LogP contribution in [-0.2, 0) is 14.3 Å². The van der Waals surface area contributed by atoms with Crippen LogP contribution in [0.3, 0.4) is 0 Å². The van der Waals surface area contributed by atoms with Crippen LogP contribution < -0.4 is 0 Å². The smallest absolute Gasteiger partial charge is 0.303 e. The van der Waals surface area contributed by atoms with Crippen LogP contribution >= 0.6 is 0 Å². The predicted molar refractivity (Wildman–Crippen MR) is 101 cm³/mol. The largest absolute Gasteiger partial charge is 0.481 e. The molecule has 0 saturated heterocycles. The van der Waals surface area contributed by atoms with E-state index in [0.29, 0.717) is 26.1 Å². The van der Waals surface area contributed by atoms with Gasteiger partial charge in [-0.25, -0.2) is 0 Å². The Morgan fingerprint density at radius 3 is 1.14 bits per heavy atom. The molecular weight excluding hydrogens is 380 g/mol. The summed E-state index contributed by atoms with van der Waals surface area (Å²) in [5, 5.41) is 64.6. The molecule has 0 unspecified atom stereocenters. The maximum Gasteiger partial charge on any atom is 0.303 e. The number of hydrogen-bond acceptors (Lipinski definition) is 9. The number of rotatable bonds is 12. The molecule has 0 spiro atoms. The summed E-state index contributed by atoms with van der Waals surface area (Å²) in [7, 11) is 0. The van der Waals surface area contributed by atoms with Crippen LogP contribution in [0, 0.1) is 5.41 Å². The zero-order valence-electron chi connectivity index (χ0n) is 16.8. The van der Waals surface area contributed by atoms with Gasteiger partial charge in [-0.15, -0.1) is 0 Å². The first-order valence-electron chi connectivity index (χ1n) is 8.74. The van der Waals surface area contributed by atoms with Crippen molar-refractivity contribution in [2.45, 2.75) is 39.5 Å². The van der Waals surface area contributed by atoms with Crippen molar-refractivity contribution in [3.63, 3.8) is 0 Å². The minimum Gasteiger partial charge on any atom is -0.481 e. The van der Waals surface area contributed by atoms with Gasteiger partial charge in [-0.05, 0) is 12.8 Å². The van der Waals surface area contributed by atoms with Crippen molar-refractivity contribution in [1.82, 2.24) is 0 Å². The molecule has 0 aromatic rings. The number of aliphatic hydroxyl groups is 6. The topological polar surface area (TPSA) is 205 Å². The lowest BCUT2D eigenvalue weighted by Crippen LogP contribution is -2.20. The Labute approximate surface area is 165 Å². The minimum atomic E-state index is -0.870. The Bertz CT molecular complexity index is 294. The quantitative estimate of drug-likeness (QED) is 0.174. The highest BCUT2D eigenvalue weighted by atomic mass is 16.5. The molecule has 0 aromatic heterocycles. The fraction of sp³-hybridized carbons (Fsp3) is 0.882. The second kappa shape index (κ2) is 27.9. The highest BCUT2D eigenvalue weighted by molar-refractivity contribution is 5.67. The summed E-state index contributed by atoms with van der Waals surface area (Å²) in [6.45, 7) is 4.13. The van der Waals surface area contributed by atoms with Crippen LogP contribution in [0.1, 0.15) is 39.5 Å². The second-order valence-corrected chi connectivity index (χ2v) is 5.98. The Hall–Kier alpha value is -1.34. The van der Waals surface area contributed by atoms with Gasteiger partial charge in [-0.3, -0.25) is 9.59 Å². The van der Waals surface area contributed by atoms with Gasteiger partial charge in [0.05, 0.1) is 52.9 Å². The van der Waals surface area contributed by atoms with E-state index < -0.39 is 11.9 Å². The molecule has 172 valence electrons. The summed E-state index contributed by atoms with van der Waals surface area (Å²) >= 11 is 0. The Morgan fingerprint density at radius 1 is 0.679 bits per heavy atom. The molecule has 0 aliphatic rings. The maximum atomic E-state index is 9.90. The van der Waals surface area contributed by atoms with E-state index in [1.165, 1.54) is 0 Å². The van der Waals surface area contributed by atoms with Crippen molar-refractivity contribution in [3.05, 3.63) is 0 Å². The molecule has 0 aliphatic heterocycles. The van der Waals surface area contributed by atoms with Crippen molar-refractivity contribution < 1.29 is 55.2 Å². The summed E-state index contributed by atoms with van der Waals surface area (Å²) < 4.78 is 4.63. The van der Waals surface area contributed by atoms with Gasteiger partial charge >= 0.3 is 11.9 Å². The molecule has 0 atom stereocenters. The number of aliphatic carboxylic acids is 2. The van der Waals surface area contributed by atoms with E-state index in [0.717, 1.165) is 0 Å². The number of carbonyl (C=O) groups is 2. The number of carboxylic acid groups (broad SMARTS) is 2. The molecule has 0 saturated carbocycles. The van der Waals surface area contributed by atoms with Gasteiger partial charge < -0.3 is 45.6 Å². The normalized spacial score (nSPS) is 9.71. The van der Waals surface area contributed by atoms with Gasteiger partial charge in [0.25, 0.3) is 0 Å². The number of carboxylic acids is 2. The molecule has 11 nitrogen and oxygen atoms in total. The molecule has 0 bridgehead atoms. The van der Waals surface area contributed by atoms with Crippen LogP contribution in [0.2, 0.25) is 0 Å². The van der Waals surface area contributed by atoms with Gasteiger partial charge in [0.2, 0.25) is 0 Å². The average Bonchev–Trinajstić information content (AvgIpc) is 2.66. The second-order valence-electron chi connectivity index (χ2n) is 5.98. The van der Waals surface area contributed by atoms with Crippen LogP contribution in [0.5, 0.6) is 0 Å². The fourth-order valence-electron chi connectivity index (χ4n) is 0.834. The van der Waals surface area contributed by atoms with Gasteiger partial charge in [0.15, 0.2) is 0 Å². The van der Waals surface area contributed by atoms with E-state index in [1.54, 1.807) is 13.8 Å². The highest BCUT2D eigenvalue weighted by Gasteiger charge is 2.13. The number of ether oxygens (including phenoxy) is 1. The van der Waals surface area contributed by atoms with Gasteiger partial charge in [-0.2, -0.15) is 0 Å². The van der Waals surface area contributed by atoms with Crippen LogP contribution in [-0.4, -0.2) is 106 Å². The molecule has 28 heavy (non-hydrogen) atoms. The third-order valence-corrected chi connectivity index (χ3v) is 2.46. The molecule has 0 amide bonds. The third-order valence-electron chi connectivity index (χ3n) is 2.46. The molecule has 0 aliphatic carbocycles. The summed E-state index contributed by atoms with van der Waals surface area (Å²) in [6.07, 6.45) is 1.02. The van der Waals surface area contributed by atoms with Crippen molar-refractivity contribution in [1.29, 1.82) is 0 Å². The van der Waals surface area contributed by atoms with E-state index in [4.69, 9.17) is 40.9 Å². The maximum absolute atomic E-state index is 9.90. The van der Waals surface area contributed by atoms with Crippen molar-refractivity contribution in [2.75, 3.05) is 52.9 Å². The monoisotopic (exact) mass is 418 g/mol. The molecule has 0 heterocycles. The summed E-state index contributed by atoms with van der Waals surface area (Å²) in [6, 6.07) is 0. The molecule has 0 fully saturated rings. The van der Waals surface area contributed by atoms with Crippen molar-refractivity contribution in [3.8, 4) is 0 Å². The van der Waals surface area contributed by atoms with Gasteiger partial charge in [-0.1, -0.05) is 13.8 Å². The summed E-state index contributed by atoms with van der Waals surface area (Å²) in [5.74, 6) is -1.74. The summed E-state index contributed by atoms with van der Waals surface area (Å²) in [4.78, 5) is 19.8. The first kappa shape index (κ1) is 34.2. The first-order valence-corrected chi connectivity index (χ1v) is 8.74. The molecule has 0 radical (unpaired) electrons. The number of aliphatic hydroxyl groups excluding tert-OH is 6. The van der Waals surface area contributed by atoms with Crippen LogP contribution in [0.4, 0.5) is 0 Å². The first-order chi connectivity index (χ1) is 13.1. The lowest BCUT2D eigenvalue weighted by molar-refractivity contribution is -0.139. The zero-order chi connectivity index (χ0) is 22.8. The lowest BCUT2D eigenvalue weighted by atomic mass is 9.97. The van der Waals surface area contributed by atoms with Gasteiger partial charge in [0, 0.05) is 18.3 Å². The third kappa shape index (κ3) is 49.7. The molecule has 8 N–H and O–H groups in total. The highest BCUT2D eigenvalue weighted by Crippen LogP contribution is 2.10. The summed E-state index contributed by atoms with van der Waals surface area (Å²) in [5.41, 5.74) is -0.306. The molecule has 0 rings (SSSR count). The predicted octanol–water partition coefficient (Wildman–Crippen LogP) is -1.33. The SMILES string of the molecule is CC(C)(CO)CO.O=C(O)CCCCC(=O)O.OCCO.OCCOCCO.